The highest BCUT2D eigenvalue weighted by molar-refractivity contribution is 6.46. The van der Waals surface area contributed by atoms with E-state index >= 15 is 0 Å². The van der Waals surface area contributed by atoms with Crippen molar-refractivity contribution in [1.29, 1.82) is 0 Å². The number of ketones is 1. The van der Waals surface area contributed by atoms with Crippen LogP contribution in [0.2, 0.25) is 5.02 Å². The molecule has 2 N–H and O–H groups in total. The molecule has 1 saturated heterocycles. The SMILES string of the molecule is COCCCN1C(=O)C(=O)/C(=C(/O)c2cc(Cl)c(OC)cc2OC)C1c1cccc(O)c1. The van der Waals surface area contributed by atoms with Gasteiger partial charge in [0.15, 0.2) is 0 Å². The summed E-state index contributed by atoms with van der Waals surface area (Å²) in [5, 5.41) is 21.4. The quantitative estimate of drug-likeness (QED) is 0.268. The Morgan fingerprint density at radius 1 is 1.09 bits per heavy atom. The van der Waals surface area contributed by atoms with Crippen LogP contribution in [0.15, 0.2) is 42.0 Å². The fraction of sp³-hybridized carbons (Fsp3) is 0.304. The van der Waals surface area contributed by atoms with Gasteiger partial charge in [-0.1, -0.05) is 23.7 Å². The van der Waals surface area contributed by atoms with Crippen molar-refractivity contribution in [3.05, 3.63) is 58.1 Å². The Kier molecular flexibility index (Phi) is 7.27. The van der Waals surface area contributed by atoms with E-state index in [1.165, 1.54) is 43.4 Å². The van der Waals surface area contributed by atoms with Gasteiger partial charge >= 0.3 is 0 Å². The number of aliphatic hydroxyl groups excluding tert-OH is 1. The van der Waals surface area contributed by atoms with Gasteiger partial charge < -0.3 is 29.3 Å². The molecule has 1 fully saturated rings. The Labute approximate surface area is 190 Å². The molecule has 1 aliphatic heterocycles. The summed E-state index contributed by atoms with van der Waals surface area (Å²) < 4.78 is 15.6. The summed E-state index contributed by atoms with van der Waals surface area (Å²) in [4.78, 5) is 27.3. The molecule has 1 heterocycles. The van der Waals surface area contributed by atoms with E-state index in [1.54, 1.807) is 19.2 Å². The highest BCUT2D eigenvalue weighted by Gasteiger charge is 2.46. The van der Waals surface area contributed by atoms with Crippen LogP contribution in [0.1, 0.15) is 23.6 Å². The molecule has 2 aromatic carbocycles. The first kappa shape index (κ1) is 23.4. The van der Waals surface area contributed by atoms with Crippen LogP contribution < -0.4 is 9.47 Å². The number of hydrogen-bond donors (Lipinski definition) is 2. The molecule has 0 aliphatic carbocycles. The van der Waals surface area contributed by atoms with E-state index in [1.807, 2.05) is 0 Å². The summed E-state index contributed by atoms with van der Waals surface area (Å²) in [6.45, 7) is 0.605. The lowest BCUT2D eigenvalue weighted by molar-refractivity contribution is -0.140. The Morgan fingerprint density at radius 3 is 2.44 bits per heavy atom. The molecule has 1 unspecified atom stereocenters. The zero-order valence-corrected chi connectivity index (χ0v) is 18.7. The summed E-state index contributed by atoms with van der Waals surface area (Å²) in [6.07, 6.45) is 0.483. The first-order valence-corrected chi connectivity index (χ1v) is 10.2. The number of Topliss-reactive ketones (excluding diaryl/α,β-unsaturated/α-hetero) is 1. The average Bonchev–Trinajstić information content (AvgIpc) is 3.03. The van der Waals surface area contributed by atoms with Gasteiger partial charge in [-0.05, 0) is 30.2 Å². The molecule has 1 atom stereocenters. The third-order valence-electron chi connectivity index (χ3n) is 5.20. The van der Waals surface area contributed by atoms with Crippen molar-refractivity contribution in [2.45, 2.75) is 12.5 Å². The Bertz CT molecular complexity index is 1070. The number of ether oxygens (including phenoxy) is 3. The summed E-state index contributed by atoms with van der Waals surface area (Å²) in [5.74, 6) is -1.53. The number of aliphatic hydroxyl groups is 1. The molecule has 0 saturated carbocycles. The molecule has 9 heteroatoms. The molecule has 1 amide bonds. The Balaban J connectivity index is 2.21. The molecular weight excluding hydrogens is 438 g/mol. The van der Waals surface area contributed by atoms with Crippen molar-refractivity contribution in [2.24, 2.45) is 0 Å². The van der Waals surface area contributed by atoms with Crippen LogP contribution in [0.25, 0.3) is 5.76 Å². The number of phenolic OH excluding ortho intramolecular Hbond substituents is 1. The second-order valence-corrected chi connectivity index (χ2v) is 7.53. The number of hydrogen-bond acceptors (Lipinski definition) is 7. The maximum atomic E-state index is 13.0. The number of carbonyl (C=O) groups excluding carboxylic acids is 2. The molecule has 32 heavy (non-hydrogen) atoms. The summed E-state index contributed by atoms with van der Waals surface area (Å²) in [5.41, 5.74) is 0.484. The fourth-order valence-electron chi connectivity index (χ4n) is 3.72. The lowest BCUT2D eigenvalue weighted by Crippen LogP contribution is -2.31. The van der Waals surface area contributed by atoms with E-state index in [0.717, 1.165) is 0 Å². The Morgan fingerprint density at radius 2 is 1.81 bits per heavy atom. The van der Waals surface area contributed by atoms with Crippen LogP contribution in [0.3, 0.4) is 0 Å². The van der Waals surface area contributed by atoms with Crippen LogP contribution in [0.5, 0.6) is 17.2 Å². The highest BCUT2D eigenvalue weighted by atomic mass is 35.5. The number of rotatable bonds is 8. The first-order chi connectivity index (χ1) is 15.3. The van der Waals surface area contributed by atoms with Gasteiger partial charge in [-0.3, -0.25) is 9.59 Å². The van der Waals surface area contributed by atoms with E-state index in [9.17, 15) is 19.8 Å². The molecule has 0 bridgehead atoms. The normalized spacial score (nSPS) is 17.6. The topological polar surface area (TPSA) is 106 Å². The van der Waals surface area contributed by atoms with Crippen LogP contribution >= 0.6 is 11.6 Å². The number of nitrogens with zero attached hydrogens (tertiary/aromatic N) is 1. The van der Waals surface area contributed by atoms with Gasteiger partial charge in [-0.25, -0.2) is 0 Å². The number of likely N-dealkylation sites (tertiary alicyclic amines) is 1. The highest BCUT2D eigenvalue weighted by Crippen LogP contribution is 2.43. The maximum absolute atomic E-state index is 13.0. The third-order valence-corrected chi connectivity index (χ3v) is 5.50. The average molecular weight is 462 g/mol. The molecule has 2 aromatic rings. The smallest absolute Gasteiger partial charge is 0.295 e. The van der Waals surface area contributed by atoms with Crippen molar-refractivity contribution in [2.75, 3.05) is 34.5 Å². The first-order valence-electron chi connectivity index (χ1n) is 9.82. The van der Waals surface area contributed by atoms with E-state index in [0.29, 0.717) is 24.3 Å². The number of phenols is 1. The number of aromatic hydroxyl groups is 1. The standard InChI is InChI=1S/C23H24ClNO7/c1-30-9-5-8-25-20(13-6-4-7-14(26)10-13)19(22(28)23(25)29)21(27)15-11-16(24)18(32-3)12-17(15)31-2/h4,6-7,10-12,20,26-27H,5,8-9H2,1-3H3/b21-19+. The lowest BCUT2D eigenvalue weighted by Gasteiger charge is -2.25. The number of amides is 1. The third kappa shape index (κ3) is 4.37. The van der Waals surface area contributed by atoms with Gasteiger partial charge in [0.25, 0.3) is 11.7 Å². The molecular formula is C23H24ClNO7. The fourth-order valence-corrected chi connectivity index (χ4v) is 3.96. The zero-order chi connectivity index (χ0) is 23.4. The number of benzene rings is 2. The van der Waals surface area contributed by atoms with Gasteiger partial charge in [0.05, 0.1) is 36.4 Å². The minimum Gasteiger partial charge on any atom is -0.508 e. The van der Waals surface area contributed by atoms with Crippen molar-refractivity contribution in [1.82, 2.24) is 4.90 Å². The number of methoxy groups -OCH3 is 3. The summed E-state index contributed by atoms with van der Waals surface area (Å²) in [6, 6.07) is 8.18. The van der Waals surface area contributed by atoms with Gasteiger partial charge in [-0.2, -0.15) is 0 Å². The largest absolute Gasteiger partial charge is 0.508 e. The van der Waals surface area contributed by atoms with Gasteiger partial charge in [0.1, 0.15) is 23.0 Å². The zero-order valence-electron chi connectivity index (χ0n) is 17.9. The van der Waals surface area contributed by atoms with E-state index in [4.69, 9.17) is 25.8 Å². The molecule has 0 spiro atoms. The minimum atomic E-state index is -0.912. The summed E-state index contributed by atoms with van der Waals surface area (Å²) >= 11 is 6.24. The molecule has 170 valence electrons. The van der Waals surface area contributed by atoms with Gasteiger partial charge in [-0.15, -0.1) is 0 Å². The number of halogens is 1. The second-order valence-electron chi connectivity index (χ2n) is 7.12. The van der Waals surface area contributed by atoms with Crippen molar-refractivity contribution >= 4 is 29.1 Å². The number of carbonyl (C=O) groups is 2. The van der Waals surface area contributed by atoms with E-state index < -0.39 is 23.5 Å². The predicted octanol–water partition coefficient (Wildman–Crippen LogP) is 3.52. The predicted molar refractivity (Wildman–Crippen MR) is 118 cm³/mol. The van der Waals surface area contributed by atoms with E-state index in [2.05, 4.69) is 0 Å². The second kappa shape index (κ2) is 9.93. The monoisotopic (exact) mass is 461 g/mol. The molecule has 1 aliphatic rings. The summed E-state index contributed by atoms with van der Waals surface area (Å²) in [7, 11) is 4.38. The van der Waals surface area contributed by atoms with Gasteiger partial charge in [0.2, 0.25) is 0 Å². The minimum absolute atomic E-state index is 0.0324. The van der Waals surface area contributed by atoms with Gasteiger partial charge in [0, 0.05) is 26.3 Å². The van der Waals surface area contributed by atoms with Crippen LogP contribution in [-0.2, 0) is 14.3 Å². The van der Waals surface area contributed by atoms with Crippen molar-refractivity contribution in [3.8, 4) is 17.2 Å². The van der Waals surface area contributed by atoms with Crippen LogP contribution in [0.4, 0.5) is 0 Å². The maximum Gasteiger partial charge on any atom is 0.295 e. The van der Waals surface area contributed by atoms with Crippen LogP contribution in [-0.4, -0.2) is 61.3 Å². The van der Waals surface area contributed by atoms with E-state index in [-0.39, 0.29) is 34.2 Å². The molecule has 3 rings (SSSR count). The lowest BCUT2D eigenvalue weighted by atomic mass is 9.94. The van der Waals surface area contributed by atoms with Crippen molar-refractivity contribution < 1.29 is 34.0 Å². The van der Waals surface area contributed by atoms with Crippen LogP contribution in [0, 0.1) is 0 Å². The Hall–Kier alpha value is -3.23. The van der Waals surface area contributed by atoms with Crippen molar-refractivity contribution in [3.63, 3.8) is 0 Å². The molecule has 0 aromatic heterocycles. The molecule has 0 radical (unpaired) electrons. The molecule has 8 nitrogen and oxygen atoms in total.